The predicted molar refractivity (Wildman–Crippen MR) is 73.2 cm³/mol. The Labute approximate surface area is 110 Å². The lowest BCUT2D eigenvalue weighted by Crippen LogP contribution is -2.46. The van der Waals surface area contributed by atoms with Crippen LogP contribution in [0.3, 0.4) is 0 Å². The maximum absolute atomic E-state index is 11.5. The van der Waals surface area contributed by atoms with Gasteiger partial charge in [0.2, 0.25) is 11.8 Å². The topological polar surface area (TPSA) is 70.2 Å². The van der Waals surface area contributed by atoms with Gasteiger partial charge in [0.1, 0.15) is 0 Å². The third kappa shape index (κ3) is 8.98. The number of rotatable bonds is 9. The van der Waals surface area contributed by atoms with Crippen molar-refractivity contribution in [3.8, 4) is 0 Å². The minimum atomic E-state index is -0.340. The molecule has 0 rings (SSSR count). The Balaban J connectivity index is 3.67. The summed E-state index contributed by atoms with van der Waals surface area (Å²) >= 11 is 0. The number of hydrogen-bond donors (Lipinski definition) is 3. The van der Waals surface area contributed by atoms with Gasteiger partial charge in [-0.3, -0.25) is 14.9 Å². The number of carbonyl (C=O) groups is 2. The molecule has 0 aromatic carbocycles. The fraction of sp³-hybridized carbons (Fsp3) is 0.846. The van der Waals surface area contributed by atoms with E-state index in [0.29, 0.717) is 19.0 Å². The zero-order valence-electron chi connectivity index (χ0n) is 12.0. The number of carbonyl (C=O) groups excluding carboxylic acids is 2. The van der Waals surface area contributed by atoms with Crippen LogP contribution in [0.5, 0.6) is 0 Å². The van der Waals surface area contributed by atoms with Gasteiger partial charge in [0, 0.05) is 13.1 Å². The van der Waals surface area contributed by atoms with Crippen LogP contribution >= 0.6 is 0 Å². The summed E-state index contributed by atoms with van der Waals surface area (Å²) in [6, 6.07) is -0.340. The SMILES string of the molecule is CCCNC(=O)C(C)NCC(=O)NCCC(C)C. The van der Waals surface area contributed by atoms with E-state index in [1.807, 2.05) is 6.92 Å². The van der Waals surface area contributed by atoms with Crippen LogP contribution in [0.4, 0.5) is 0 Å². The first-order valence-corrected chi connectivity index (χ1v) is 6.75. The molecule has 0 heterocycles. The van der Waals surface area contributed by atoms with Gasteiger partial charge < -0.3 is 10.6 Å². The molecule has 0 spiro atoms. The molecule has 0 aliphatic heterocycles. The van der Waals surface area contributed by atoms with Crippen molar-refractivity contribution < 1.29 is 9.59 Å². The standard InChI is InChI=1S/C13H27N3O2/c1-5-7-15-13(18)11(4)16-9-12(17)14-8-6-10(2)3/h10-11,16H,5-9H2,1-4H3,(H,14,17)(H,15,18). The quantitative estimate of drug-likeness (QED) is 0.568. The van der Waals surface area contributed by atoms with Crippen LogP contribution in [0.1, 0.15) is 40.5 Å². The number of nitrogens with one attached hydrogen (secondary N) is 3. The van der Waals surface area contributed by atoms with Crippen molar-refractivity contribution in [2.75, 3.05) is 19.6 Å². The molecule has 1 atom stereocenters. The lowest BCUT2D eigenvalue weighted by Gasteiger charge is -2.13. The highest BCUT2D eigenvalue weighted by Crippen LogP contribution is 1.95. The number of hydrogen-bond acceptors (Lipinski definition) is 3. The Kier molecular flexibility index (Phi) is 9.28. The average Bonchev–Trinajstić information content (AvgIpc) is 2.32. The lowest BCUT2D eigenvalue weighted by atomic mass is 10.1. The van der Waals surface area contributed by atoms with Crippen molar-refractivity contribution in [2.45, 2.75) is 46.6 Å². The van der Waals surface area contributed by atoms with Crippen LogP contribution in [-0.4, -0.2) is 37.5 Å². The van der Waals surface area contributed by atoms with E-state index in [4.69, 9.17) is 0 Å². The average molecular weight is 257 g/mol. The molecule has 18 heavy (non-hydrogen) atoms. The first-order chi connectivity index (χ1) is 8.47. The molecule has 0 saturated carbocycles. The van der Waals surface area contributed by atoms with Gasteiger partial charge in [0.25, 0.3) is 0 Å². The molecule has 0 radical (unpaired) electrons. The Bertz CT molecular complexity index is 255. The minimum Gasteiger partial charge on any atom is -0.355 e. The Morgan fingerprint density at radius 1 is 1.06 bits per heavy atom. The molecule has 0 saturated heterocycles. The summed E-state index contributed by atoms with van der Waals surface area (Å²) in [5, 5.41) is 8.50. The Hall–Kier alpha value is -1.10. The minimum absolute atomic E-state index is 0.0631. The smallest absolute Gasteiger partial charge is 0.236 e. The highest BCUT2D eigenvalue weighted by molar-refractivity contribution is 5.83. The van der Waals surface area contributed by atoms with Crippen LogP contribution < -0.4 is 16.0 Å². The fourth-order valence-electron chi connectivity index (χ4n) is 1.30. The van der Waals surface area contributed by atoms with Crippen LogP contribution in [0.2, 0.25) is 0 Å². The summed E-state index contributed by atoms with van der Waals surface area (Å²) in [6.45, 7) is 9.53. The van der Waals surface area contributed by atoms with Crippen molar-refractivity contribution in [3.05, 3.63) is 0 Å². The summed E-state index contributed by atoms with van der Waals surface area (Å²) in [7, 11) is 0. The maximum atomic E-state index is 11.5. The van der Waals surface area contributed by atoms with Crippen LogP contribution in [0.25, 0.3) is 0 Å². The van der Waals surface area contributed by atoms with E-state index < -0.39 is 0 Å². The van der Waals surface area contributed by atoms with Gasteiger partial charge in [0.15, 0.2) is 0 Å². The van der Waals surface area contributed by atoms with Gasteiger partial charge in [-0.2, -0.15) is 0 Å². The summed E-state index contributed by atoms with van der Waals surface area (Å²) in [6.07, 6.45) is 1.88. The zero-order chi connectivity index (χ0) is 14.0. The van der Waals surface area contributed by atoms with Crippen LogP contribution in [-0.2, 0) is 9.59 Å². The molecular formula is C13H27N3O2. The van der Waals surface area contributed by atoms with E-state index >= 15 is 0 Å². The summed E-state index contributed by atoms with van der Waals surface area (Å²) in [4.78, 5) is 23.0. The second-order valence-electron chi connectivity index (χ2n) is 4.93. The number of amides is 2. The lowest BCUT2D eigenvalue weighted by molar-refractivity contribution is -0.123. The first-order valence-electron chi connectivity index (χ1n) is 6.75. The molecule has 106 valence electrons. The third-order valence-electron chi connectivity index (χ3n) is 2.56. The van der Waals surface area contributed by atoms with E-state index in [1.54, 1.807) is 6.92 Å². The van der Waals surface area contributed by atoms with Crippen LogP contribution in [0.15, 0.2) is 0 Å². The van der Waals surface area contributed by atoms with Gasteiger partial charge >= 0.3 is 0 Å². The van der Waals surface area contributed by atoms with Crippen molar-refractivity contribution in [2.24, 2.45) is 5.92 Å². The van der Waals surface area contributed by atoms with Crippen molar-refractivity contribution in [3.63, 3.8) is 0 Å². The van der Waals surface area contributed by atoms with E-state index in [1.165, 1.54) is 0 Å². The maximum Gasteiger partial charge on any atom is 0.236 e. The van der Waals surface area contributed by atoms with Crippen LogP contribution in [0, 0.1) is 5.92 Å². The van der Waals surface area contributed by atoms with Crippen molar-refractivity contribution >= 4 is 11.8 Å². The molecule has 1 unspecified atom stereocenters. The van der Waals surface area contributed by atoms with Crippen molar-refractivity contribution in [1.82, 2.24) is 16.0 Å². The van der Waals surface area contributed by atoms with Gasteiger partial charge in [-0.25, -0.2) is 0 Å². The van der Waals surface area contributed by atoms with Gasteiger partial charge in [-0.05, 0) is 25.7 Å². The van der Waals surface area contributed by atoms with E-state index in [-0.39, 0.29) is 24.4 Å². The Morgan fingerprint density at radius 2 is 1.72 bits per heavy atom. The van der Waals surface area contributed by atoms with Crippen molar-refractivity contribution in [1.29, 1.82) is 0 Å². The summed E-state index contributed by atoms with van der Waals surface area (Å²) in [5.41, 5.74) is 0. The largest absolute Gasteiger partial charge is 0.355 e. The monoisotopic (exact) mass is 257 g/mol. The molecule has 0 aliphatic rings. The van der Waals surface area contributed by atoms with E-state index in [2.05, 4.69) is 29.8 Å². The molecule has 5 heteroatoms. The molecule has 0 aromatic heterocycles. The molecule has 2 amide bonds. The molecule has 0 aliphatic carbocycles. The van der Waals surface area contributed by atoms with E-state index in [0.717, 1.165) is 12.8 Å². The van der Waals surface area contributed by atoms with Gasteiger partial charge in [-0.1, -0.05) is 20.8 Å². The second-order valence-corrected chi connectivity index (χ2v) is 4.93. The predicted octanol–water partition coefficient (Wildman–Crippen LogP) is 0.653. The molecular weight excluding hydrogens is 230 g/mol. The molecule has 3 N–H and O–H groups in total. The fourth-order valence-corrected chi connectivity index (χ4v) is 1.30. The summed E-state index contributed by atoms with van der Waals surface area (Å²) < 4.78 is 0. The van der Waals surface area contributed by atoms with Gasteiger partial charge in [-0.15, -0.1) is 0 Å². The molecule has 0 aromatic rings. The second kappa shape index (κ2) is 9.88. The molecule has 5 nitrogen and oxygen atoms in total. The van der Waals surface area contributed by atoms with Gasteiger partial charge in [0.05, 0.1) is 12.6 Å². The molecule has 0 bridgehead atoms. The third-order valence-corrected chi connectivity index (χ3v) is 2.56. The highest BCUT2D eigenvalue weighted by atomic mass is 16.2. The zero-order valence-corrected chi connectivity index (χ0v) is 12.0. The Morgan fingerprint density at radius 3 is 2.28 bits per heavy atom. The summed E-state index contributed by atoms with van der Waals surface area (Å²) in [5.74, 6) is 0.453. The molecule has 0 fully saturated rings. The van der Waals surface area contributed by atoms with E-state index in [9.17, 15) is 9.59 Å². The highest BCUT2D eigenvalue weighted by Gasteiger charge is 2.12. The first kappa shape index (κ1) is 16.9. The normalized spacial score (nSPS) is 12.3.